The molecule has 1 amide bonds. The van der Waals surface area contributed by atoms with Crippen LogP contribution in [0.3, 0.4) is 0 Å². The van der Waals surface area contributed by atoms with Crippen LogP contribution in [0, 0.1) is 0 Å². The minimum atomic E-state index is -0.814. The number of nitrogens with one attached hydrogen (secondary N) is 1. The van der Waals surface area contributed by atoms with E-state index in [1.54, 1.807) is 42.3 Å². The van der Waals surface area contributed by atoms with Gasteiger partial charge < -0.3 is 15.2 Å². The van der Waals surface area contributed by atoms with Gasteiger partial charge in [0.2, 0.25) is 12.3 Å². The van der Waals surface area contributed by atoms with Crippen molar-refractivity contribution < 1.29 is 19.3 Å². The minimum absolute atomic E-state index is 0.316. The number of hydrazone groups is 1. The molecule has 1 heterocycles. The molecule has 1 aliphatic rings. The molecule has 4 rings (SSSR count). The van der Waals surface area contributed by atoms with Gasteiger partial charge >= 0.3 is 0 Å². The summed E-state index contributed by atoms with van der Waals surface area (Å²) >= 11 is 0. The number of amides is 1. The van der Waals surface area contributed by atoms with Gasteiger partial charge in [0, 0.05) is 11.1 Å². The van der Waals surface area contributed by atoms with E-state index < -0.39 is 18.0 Å². The summed E-state index contributed by atoms with van der Waals surface area (Å²) in [4.78, 5) is 12.7. The third-order valence-electron chi connectivity index (χ3n) is 4.95. The van der Waals surface area contributed by atoms with Crippen LogP contribution in [-0.2, 0) is 0 Å². The van der Waals surface area contributed by atoms with Crippen LogP contribution in [0.2, 0.25) is 0 Å². The molecule has 0 unspecified atom stereocenters. The van der Waals surface area contributed by atoms with Gasteiger partial charge in [-0.1, -0.05) is 65.3 Å². The van der Waals surface area contributed by atoms with Crippen LogP contribution in [0.25, 0.3) is 0 Å². The van der Waals surface area contributed by atoms with E-state index in [-0.39, 0.29) is 5.91 Å². The first-order chi connectivity index (χ1) is 14.7. The molecular weight excluding hydrogens is 378 g/mol. The molecule has 1 aliphatic heterocycles. The van der Waals surface area contributed by atoms with E-state index in [0.29, 0.717) is 11.3 Å². The molecule has 2 atom stereocenters. The second-order valence-electron chi connectivity index (χ2n) is 6.86. The van der Waals surface area contributed by atoms with Gasteiger partial charge in [0.25, 0.3) is 5.91 Å². The monoisotopic (exact) mass is 399 g/mol. The number of benzene rings is 3. The highest BCUT2D eigenvalue weighted by Gasteiger charge is 2.41. The van der Waals surface area contributed by atoms with E-state index in [4.69, 9.17) is 4.74 Å². The maximum absolute atomic E-state index is 12.8. The van der Waals surface area contributed by atoms with Crippen molar-refractivity contribution in [3.63, 3.8) is 0 Å². The lowest BCUT2D eigenvalue weighted by Crippen LogP contribution is -2.47. The summed E-state index contributed by atoms with van der Waals surface area (Å²) in [6, 6.07) is 24.6. The van der Waals surface area contributed by atoms with Gasteiger partial charge in [-0.2, -0.15) is 0 Å². The van der Waals surface area contributed by atoms with E-state index in [1.807, 2.05) is 60.7 Å². The van der Waals surface area contributed by atoms with Gasteiger partial charge in [-0.25, -0.2) is 0 Å². The molecule has 0 radical (unpaired) electrons. The van der Waals surface area contributed by atoms with Crippen molar-refractivity contribution in [1.82, 2.24) is 5.32 Å². The fourth-order valence-corrected chi connectivity index (χ4v) is 3.50. The van der Waals surface area contributed by atoms with Crippen molar-refractivity contribution in [3.05, 3.63) is 102 Å². The van der Waals surface area contributed by atoms with Crippen molar-refractivity contribution >= 4 is 18.0 Å². The highest BCUT2D eigenvalue weighted by atomic mass is 16.5. The second-order valence-corrected chi connectivity index (χ2v) is 6.86. The summed E-state index contributed by atoms with van der Waals surface area (Å²) in [7, 11) is 1.59. The zero-order valence-corrected chi connectivity index (χ0v) is 16.4. The fraction of sp³-hybridized carbons (Fsp3) is 0.125. The van der Waals surface area contributed by atoms with Gasteiger partial charge in [-0.05, 0) is 29.4 Å². The van der Waals surface area contributed by atoms with Crippen molar-refractivity contribution in [2.24, 2.45) is 5.10 Å². The first-order valence-electron chi connectivity index (χ1n) is 9.60. The number of rotatable bonds is 5. The summed E-state index contributed by atoms with van der Waals surface area (Å²) in [6.45, 7) is 0. The molecule has 0 spiro atoms. The normalized spacial score (nSPS) is 19.4. The van der Waals surface area contributed by atoms with Gasteiger partial charge in [-0.15, -0.1) is 0 Å². The molecule has 30 heavy (non-hydrogen) atoms. The summed E-state index contributed by atoms with van der Waals surface area (Å²) in [6.07, 6.45) is 1.77. The third kappa shape index (κ3) is 3.93. The van der Waals surface area contributed by atoms with Crippen molar-refractivity contribution in [3.8, 4) is 5.75 Å². The molecule has 0 bridgehead atoms. The highest BCUT2D eigenvalue weighted by molar-refractivity contribution is 5.97. The number of hydrogen-bond acceptors (Lipinski definition) is 4. The minimum Gasteiger partial charge on any atom is -0.856 e. The largest absolute Gasteiger partial charge is 0.856 e. The fourth-order valence-electron chi connectivity index (χ4n) is 3.50. The van der Waals surface area contributed by atoms with E-state index in [1.165, 1.54) is 0 Å². The summed E-state index contributed by atoms with van der Waals surface area (Å²) in [5.74, 6) is -0.0489. The molecule has 3 aromatic carbocycles. The molecule has 0 saturated carbocycles. The maximum atomic E-state index is 12.8. The number of carbonyl (C=O) groups excluding carboxylic acids is 1. The van der Waals surface area contributed by atoms with E-state index >= 15 is 0 Å². The molecule has 0 saturated heterocycles. The Morgan fingerprint density at radius 1 is 1.00 bits per heavy atom. The summed E-state index contributed by atoms with van der Waals surface area (Å²) in [5, 5.41) is 19.9. The Bertz CT molecular complexity index is 1090. The predicted octanol–water partition coefficient (Wildman–Crippen LogP) is 2.35. The number of para-hydroxylation sites is 1. The molecule has 6 heteroatoms. The number of methoxy groups -OCH3 is 1. The number of hydrogen-bond donors (Lipinski definition) is 1. The Hall–Kier alpha value is -3.93. The van der Waals surface area contributed by atoms with Crippen LogP contribution in [0.1, 0.15) is 27.5 Å². The van der Waals surface area contributed by atoms with Crippen LogP contribution in [-0.4, -0.2) is 35.9 Å². The maximum Gasteiger partial charge on any atom is 0.252 e. The Kier molecular flexibility index (Phi) is 5.57. The Morgan fingerprint density at radius 2 is 1.63 bits per heavy atom. The number of nitrogens with zero attached hydrogens (tertiary/aromatic N) is 2. The zero-order chi connectivity index (χ0) is 20.9. The van der Waals surface area contributed by atoms with Gasteiger partial charge in [0.1, 0.15) is 11.8 Å². The highest BCUT2D eigenvalue weighted by Crippen LogP contribution is 2.27. The molecule has 0 fully saturated rings. The number of carbonyl (C=O) groups is 1. The van der Waals surface area contributed by atoms with Gasteiger partial charge in [0.05, 0.1) is 18.6 Å². The van der Waals surface area contributed by atoms with Crippen LogP contribution in [0.4, 0.5) is 0 Å². The third-order valence-corrected chi connectivity index (χ3v) is 4.95. The molecule has 1 N–H and O–H groups in total. The standard InChI is InChI=1S/C24H21N3O3/c1-30-20-15-9-8-14-19(20)16-27-22(17-10-4-2-5-11-17)21(24(29)26-27)25-23(28)18-12-6-3-7-13-18/h2-16,21-22H,1H3,(H-,25,26,28,29)/b27-16-/t21-,22-/m1/s1. The SMILES string of the molecule is COc1ccccc1/C=[N+]1\N=C([O-])[C@H](NC(=O)c2ccccc2)[C@H]1c1ccccc1. The first kappa shape index (κ1) is 19.4. The van der Waals surface area contributed by atoms with E-state index in [0.717, 1.165) is 11.1 Å². The van der Waals surface area contributed by atoms with Crippen LogP contribution >= 0.6 is 0 Å². The smallest absolute Gasteiger partial charge is 0.252 e. The topological polar surface area (TPSA) is 76.8 Å². The van der Waals surface area contributed by atoms with E-state index in [2.05, 4.69) is 10.4 Å². The molecular formula is C24H21N3O3. The Labute approximate surface area is 174 Å². The quantitative estimate of drug-likeness (QED) is 0.669. The molecule has 0 aliphatic carbocycles. The van der Waals surface area contributed by atoms with Crippen molar-refractivity contribution in [1.29, 1.82) is 0 Å². The van der Waals surface area contributed by atoms with Gasteiger partial charge in [-0.3, -0.25) is 4.79 Å². The van der Waals surface area contributed by atoms with Crippen LogP contribution < -0.4 is 15.2 Å². The average Bonchev–Trinajstić information content (AvgIpc) is 3.09. The lowest BCUT2D eigenvalue weighted by atomic mass is 9.99. The van der Waals surface area contributed by atoms with E-state index in [9.17, 15) is 9.90 Å². The molecule has 150 valence electrons. The summed E-state index contributed by atoms with van der Waals surface area (Å²) < 4.78 is 7.02. The lowest BCUT2D eigenvalue weighted by molar-refractivity contribution is -0.565. The van der Waals surface area contributed by atoms with Gasteiger partial charge in [0.15, 0.2) is 0 Å². The first-order valence-corrected chi connectivity index (χ1v) is 9.60. The zero-order valence-electron chi connectivity index (χ0n) is 16.4. The van der Waals surface area contributed by atoms with Crippen LogP contribution in [0.15, 0.2) is 90.0 Å². The molecule has 3 aromatic rings. The molecule has 0 aromatic heterocycles. The van der Waals surface area contributed by atoms with Crippen LogP contribution in [0.5, 0.6) is 5.75 Å². The van der Waals surface area contributed by atoms with Crippen molar-refractivity contribution in [2.45, 2.75) is 12.1 Å². The Balaban J connectivity index is 1.73. The molecule has 6 nitrogen and oxygen atoms in total. The van der Waals surface area contributed by atoms with Crippen molar-refractivity contribution in [2.75, 3.05) is 7.11 Å². The second kappa shape index (κ2) is 8.61. The Morgan fingerprint density at radius 3 is 2.33 bits per heavy atom. The number of ether oxygens (including phenoxy) is 1. The average molecular weight is 399 g/mol. The lowest BCUT2D eigenvalue weighted by Gasteiger charge is -2.20. The summed E-state index contributed by atoms with van der Waals surface area (Å²) in [5.41, 5.74) is 2.15. The predicted molar refractivity (Wildman–Crippen MR) is 113 cm³/mol.